The van der Waals surface area contributed by atoms with Crippen molar-refractivity contribution in [3.63, 3.8) is 0 Å². The van der Waals surface area contributed by atoms with Gasteiger partial charge >= 0.3 is 0 Å². The second-order valence-electron chi connectivity index (χ2n) is 3.81. The molecule has 1 rings (SSSR count). The van der Waals surface area contributed by atoms with Crippen molar-refractivity contribution in [1.82, 2.24) is 14.3 Å². The lowest BCUT2D eigenvalue weighted by Crippen LogP contribution is -2.35. The number of sulfonamides is 1. The summed E-state index contributed by atoms with van der Waals surface area (Å²) < 4.78 is 26.5. The SMILES string of the molecule is CC(C)S(=O)(=O)NC(=O)c1cn(CCN)cn1. The van der Waals surface area contributed by atoms with E-state index >= 15 is 0 Å². The molecule has 0 aliphatic heterocycles. The maximum absolute atomic E-state index is 11.6. The van der Waals surface area contributed by atoms with Gasteiger partial charge in [0.2, 0.25) is 10.0 Å². The van der Waals surface area contributed by atoms with Crippen molar-refractivity contribution in [3.8, 4) is 0 Å². The van der Waals surface area contributed by atoms with Crippen LogP contribution in [0.15, 0.2) is 12.5 Å². The van der Waals surface area contributed by atoms with E-state index in [-0.39, 0.29) is 5.69 Å². The van der Waals surface area contributed by atoms with Gasteiger partial charge in [-0.05, 0) is 13.8 Å². The molecule has 1 aromatic rings. The zero-order chi connectivity index (χ0) is 13.1. The summed E-state index contributed by atoms with van der Waals surface area (Å²) in [5, 5.41) is -0.669. The number of hydrogen-bond acceptors (Lipinski definition) is 5. The number of imidazole rings is 1. The van der Waals surface area contributed by atoms with Crippen molar-refractivity contribution in [2.75, 3.05) is 6.54 Å². The van der Waals surface area contributed by atoms with Gasteiger partial charge < -0.3 is 10.3 Å². The first-order chi connectivity index (χ1) is 7.86. The molecule has 1 heterocycles. The van der Waals surface area contributed by atoms with Gasteiger partial charge in [0, 0.05) is 19.3 Å². The Labute approximate surface area is 100 Å². The van der Waals surface area contributed by atoms with E-state index in [1.54, 1.807) is 4.57 Å². The van der Waals surface area contributed by atoms with Crippen LogP contribution in [0.25, 0.3) is 0 Å². The number of aromatic nitrogens is 2. The highest BCUT2D eigenvalue weighted by Gasteiger charge is 2.21. The summed E-state index contributed by atoms with van der Waals surface area (Å²) in [5.41, 5.74) is 5.40. The number of amides is 1. The van der Waals surface area contributed by atoms with Crippen molar-refractivity contribution < 1.29 is 13.2 Å². The molecule has 0 spiro atoms. The lowest BCUT2D eigenvalue weighted by molar-refractivity contribution is 0.0976. The number of nitrogens with one attached hydrogen (secondary N) is 1. The van der Waals surface area contributed by atoms with Crippen LogP contribution in [0.4, 0.5) is 0 Å². The van der Waals surface area contributed by atoms with Gasteiger partial charge in [-0.3, -0.25) is 4.79 Å². The van der Waals surface area contributed by atoms with E-state index in [2.05, 4.69) is 4.98 Å². The largest absolute Gasteiger partial charge is 0.335 e. The summed E-state index contributed by atoms with van der Waals surface area (Å²) in [6, 6.07) is 0. The normalized spacial score (nSPS) is 11.8. The molecule has 0 bridgehead atoms. The van der Waals surface area contributed by atoms with Crippen LogP contribution in [-0.2, 0) is 16.6 Å². The van der Waals surface area contributed by atoms with Crippen LogP contribution < -0.4 is 10.5 Å². The maximum Gasteiger partial charge on any atom is 0.284 e. The van der Waals surface area contributed by atoms with Gasteiger partial charge in [0.15, 0.2) is 0 Å². The fraction of sp³-hybridized carbons (Fsp3) is 0.556. The second kappa shape index (κ2) is 5.28. The zero-order valence-corrected chi connectivity index (χ0v) is 10.6. The van der Waals surface area contributed by atoms with Crippen molar-refractivity contribution in [3.05, 3.63) is 18.2 Å². The molecular weight excluding hydrogens is 244 g/mol. The minimum Gasteiger partial charge on any atom is -0.335 e. The first-order valence-electron chi connectivity index (χ1n) is 5.14. The fourth-order valence-electron chi connectivity index (χ4n) is 1.05. The van der Waals surface area contributed by atoms with Crippen LogP contribution in [0.2, 0.25) is 0 Å². The summed E-state index contributed by atoms with van der Waals surface area (Å²) in [6.45, 7) is 3.92. The third-order valence-corrected chi connectivity index (χ3v) is 3.82. The van der Waals surface area contributed by atoms with Gasteiger partial charge in [0.25, 0.3) is 5.91 Å². The molecule has 7 nitrogen and oxygen atoms in total. The first kappa shape index (κ1) is 13.7. The summed E-state index contributed by atoms with van der Waals surface area (Å²) in [7, 11) is -3.62. The van der Waals surface area contributed by atoms with E-state index in [1.165, 1.54) is 26.4 Å². The first-order valence-corrected chi connectivity index (χ1v) is 6.69. The van der Waals surface area contributed by atoms with E-state index in [9.17, 15) is 13.2 Å². The number of hydrogen-bond donors (Lipinski definition) is 2. The number of nitrogens with zero attached hydrogens (tertiary/aromatic N) is 2. The van der Waals surface area contributed by atoms with E-state index in [1.807, 2.05) is 4.72 Å². The Kier molecular flexibility index (Phi) is 4.24. The van der Waals surface area contributed by atoms with Crippen LogP contribution in [0, 0.1) is 0 Å². The maximum atomic E-state index is 11.6. The Bertz CT molecular complexity index is 492. The molecule has 8 heteroatoms. The number of carbonyl (C=O) groups excluding carboxylic acids is 1. The number of carbonyl (C=O) groups is 1. The molecule has 96 valence electrons. The molecule has 0 fully saturated rings. The predicted octanol–water partition coefficient (Wildman–Crippen LogP) is -0.690. The molecule has 0 radical (unpaired) electrons. The topological polar surface area (TPSA) is 107 Å². The third-order valence-electron chi connectivity index (χ3n) is 2.11. The zero-order valence-electron chi connectivity index (χ0n) is 9.75. The minimum atomic E-state index is -3.62. The summed E-state index contributed by atoms with van der Waals surface area (Å²) in [4.78, 5) is 15.4. The Morgan fingerprint density at radius 1 is 1.59 bits per heavy atom. The van der Waals surface area contributed by atoms with E-state index in [0.717, 1.165) is 0 Å². The Balaban J connectivity index is 2.77. The average Bonchev–Trinajstić information content (AvgIpc) is 2.66. The molecule has 1 aromatic heterocycles. The monoisotopic (exact) mass is 260 g/mol. The highest BCUT2D eigenvalue weighted by molar-refractivity contribution is 7.90. The molecule has 0 saturated heterocycles. The van der Waals surface area contributed by atoms with Gasteiger partial charge in [-0.2, -0.15) is 0 Å². The highest BCUT2D eigenvalue weighted by atomic mass is 32.2. The summed E-state index contributed by atoms with van der Waals surface area (Å²) in [6.07, 6.45) is 2.89. The lowest BCUT2D eigenvalue weighted by atomic mass is 10.5. The van der Waals surface area contributed by atoms with Crippen molar-refractivity contribution in [2.24, 2.45) is 5.73 Å². The fourth-order valence-corrected chi connectivity index (χ4v) is 1.65. The molecule has 0 aliphatic rings. The van der Waals surface area contributed by atoms with Crippen molar-refractivity contribution in [1.29, 1.82) is 0 Å². The van der Waals surface area contributed by atoms with Gasteiger partial charge in [-0.25, -0.2) is 18.1 Å². The van der Waals surface area contributed by atoms with Gasteiger partial charge in [0.1, 0.15) is 5.69 Å². The Hall–Kier alpha value is -1.41. The van der Waals surface area contributed by atoms with Crippen LogP contribution in [0.3, 0.4) is 0 Å². The molecule has 3 N–H and O–H groups in total. The molecule has 1 amide bonds. The van der Waals surface area contributed by atoms with Crippen LogP contribution in [-0.4, -0.2) is 35.7 Å². The molecule has 0 aromatic carbocycles. The molecule has 17 heavy (non-hydrogen) atoms. The Morgan fingerprint density at radius 2 is 2.24 bits per heavy atom. The molecule has 0 aliphatic carbocycles. The van der Waals surface area contributed by atoms with Gasteiger partial charge in [-0.15, -0.1) is 0 Å². The third kappa shape index (κ3) is 3.53. The quantitative estimate of drug-likeness (QED) is 0.728. The van der Waals surface area contributed by atoms with Crippen LogP contribution in [0.5, 0.6) is 0 Å². The van der Waals surface area contributed by atoms with Gasteiger partial charge in [-0.1, -0.05) is 0 Å². The van der Waals surface area contributed by atoms with E-state index in [0.29, 0.717) is 13.1 Å². The highest BCUT2D eigenvalue weighted by Crippen LogP contribution is 2.00. The lowest BCUT2D eigenvalue weighted by Gasteiger charge is -2.07. The van der Waals surface area contributed by atoms with E-state index in [4.69, 9.17) is 5.73 Å². The number of nitrogens with two attached hydrogens (primary N) is 1. The molecule has 0 atom stereocenters. The van der Waals surface area contributed by atoms with Crippen LogP contribution in [0.1, 0.15) is 24.3 Å². The summed E-state index contributed by atoms with van der Waals surface area (Å²) >= 11 is 0. The van der Waals surface area contributed by atoms with Crippen LogP contribution >= 0.6 is 0 Å². The summed E-state index contributed by atoms with van der Waals surface area (Å²) in [5.74, 6) is -0.727. The second-order valence-corrected chi connectivity index (χ2v) is 6.05. The molecular formula is C9H16N4O3S. The van der Waals surface area contributed by atoms with Gasteiger partial charge in [0.05, 0.1) is 11.6 Å². The smallest absolute Gasteiger partial charge is 0.284 e. The average molecular weight is 260 g/mol. The number of rotatable bonds is 5. The van der Waals surface area contributed by atoms with Crippen molar-refractivity contribution >= 4 is 15.9 Å². The Morgan fingerprint density at radius 3 is 2.76 bits per heavy atom. The van der Waals surface area contributed by atoms with E-state index < -0.39 is 21.2 Å². The minimum absolute atomic E-state index is 0.0580. The standard InChI is InChI=1S/C9H16N4O3S/c1-7(2)17(15,16)12-9(14)8-5-13(4-3-10)6-11-8/h5-7H,3-4,10H2,1-2H3,(H,12,14). The molecule has 0 saturated carbocycles. The molecule has 0 unspecified atom stereocenters. The van der Waals surface area contributed by atoms with Crippen molar-refractivity contribution in [2.45, 2.75) is 25.6 Å². The predicted molar refractivity (Wildman–Crippen MR) is 62.8 cm³/mol.